The van der Waals surface area contributed by atoms with Crippen molar-refractivity contribution >= 4 is 17.5 Å². The molecule has 1 saturated carbocycles. The molecule has 3 heteroatoms. The molecule has 1 amide bonds. The van der Waals surface area contributed by atoms with Crippen LogP contribution in [0.5, 0.6) is 0 Å². The van der Waals surface area contributed by atoms with Crippen molar-refractivity contribution in [1.82, 2.24) is 5.32 Å². The number of alkyl halides is 1. The van der Waals surface area contributed by atoms with Gasteiger partial charge in [-0.05, 0) is 18.8 Å². The molecule has 1 unspecified atom stereocenters. The van der Waals surface area contributed by atoms with Crippen molar-refractivity contribution in [2.24, 2.45) is 11.8 Å². The number of hydrogen-bond acceptors (Lipinski definition) is 1. The zero-order chi connectivity index (χ0) is 8.97. The molecular weight excluding hydrogens is 174 g/mol. The number of halogens is 1. The van der Waals surface area contributed by atoms with Crippen LogP contribution in [0.3, 0.4) is 0 Å². The van der Waals surface area contributed by atoms with E-state index in [4.69, 9.17) is 11.6 Å². The van der Waals surface area contributed by atoms with E-state index >= 15 is 0 Å². The predicted octanol–water partition coefficient (Wildman–Crippen LogP) is 1.78. The fourth-order valence-electron chi connectivity index (χ4n) is 1.14. The van der Waals surface area contributed by atoms with Crippen molar-refractivity contribution in [2.75, 3.05) is 12.4 Å². The van der Waals surface area contributed by atoms with Gasteiger partial charge in [-0.1, -0.05) is 13.3 Å². The lowest BCUT2D eigenvalue weighted by molar-refractivity contribution is -0.127. The van der Waals surface area contributed by atoms with E-state index in [9.17, 15) is 4.79 Å². The summed E-state index contributed by atoms with van der Waals surface area (Å²) in [6.45, 7) is 2.76. The highest BCUT2D eigenvalue weighted by atomic mass is 35.5. The molecule has 0 aromatic rings. The summed E-state index contributed by atoms with van der Waals surface area (Å²) in [6.07, 6.45) is 3.35. The highest BCUT2D eigenvalue weighted by molar-refractivity contribution is 6.18. The van der Waals surface area contributed by atoms with Crippen LogP contribution in [0.4, 0.5) is 0 Å². The van der Waals surface area contributed by atoms with Crippen LogP contribution in [0.15, 0.2) is 0 Å². The maximum atomic E-state index is 11.3. The standard InChI is InChI=1S/C9H16ClNO/c1-7(5-10)6-11-9(12)8-3-2-4-8/h7-8H,2-6H2,1H3,(H,11,12). The Morgan fingerprint density at radius 1 is 1.67 bits per heavy atom. The van der Waals surface area contributed by atoms with Crippen molar-refractivity contribution in [3.63, 3.8) is 0 Å². The lowest BCUT2D eigenvalue weighted by Gasteiger charge is -2.24. The second-order valence-electron chi connectivity index (χ2n) is 3.63. The molecule has 1 aliphatic carbocycles. The SMILES string of the molecule is CC(CCl)CNC(=O)C1CCC1. The minimum Gasteiger partial charge on any atom is -0.356 e. The number of hydrogen-bond donors (Lipinski definition) is 1. The number of nitrogens with one attached hydrogen (secondary N) is 1. The van der Waals surface area contributed by atoms with E-state index in [1.54, 1.807) is 0 Å². The zero-order valence-corrected chi connectivity index (χ0v) is 8.23. The van der Waals surface area contributed by atoms with E-state index in [0.29, 0.717) is 17.7 Å². The Kier molecular flexibility index (Phi) is 3.86. The van der Waals surface area contributed by atoms with E-state index in [1.165, 1.54) is 6.42 Å². The molecular formula is C9H16ClNO. The lowest BCUT2D eigenvalue weighted by Crippen LogP contribution is -2.37. The van der Waals surface area contributed by atoms with Gasteiger partial charge in [0.2, 0.25) is 5.91 Å². The average Bonchev–Trinajstić information content (AvgIpc) is 1.97. The first-order valence-corrected chi connectivity index (χ1v) is 5.11. The summed E-state index contributed by atoms with van der Waals surface area (Å²) in [5, 5.41) is 2.91. The molecule has 1 rings (SSSR count). The van der Waals surface area contributed by atoms with Crippen LogP contribution in [-0.2, 0) is 4.79 Å². The molecule has 12 heavy (non-hydrogen) atoms. The molecule has 0 saturated heterocycles. The Hall–Kier alpha value is -0.240. The molecule has 0 aromatic carbocycles. The number of amides is 1. The van der Waals surface area contributed by atoms with E-state index in [2.05, 4.69) is 5.32 Å². The molecule has 0 radical (unpaired) electrons. The van der Waals surface area contributed by atoms with Gasteiger partial charge in [0, 0.05) is 18.3 Å². The molecule has 0 heterocycles. The first-order valence-electron chi connectivity index (χ1n) is 4.57. The highest BCUT2D eigenvalue weighted by Gasteiger charge is 2.24. The first-order chi connectivity index (χ1) is 5.74. The monoisotopic (exact) mass is 189 g/mol. The maximum absolute atomic E-state index is 11.3. The summed E-state index contributed by atoms with van der Waals surface area (Å²) in [6, 6.07) is 0. The predicted molar refractivity (Wildman–Crippen MR) is 50.2 cm³/mol. The Balaban J connectivity index is 2.09. The number of carbonyl (C=O) groups is 1. The second kappa shape index (κ2) is 4.70. The summed E-state index contributed by atoms with van der Waals surface area (Å²) in [5.74, 6) is 1.52. The zero-order valence-electron chi connectivity index (χ0n) is 7.48. The van der Waals surface area contributed by atoms with Crippen LogP contribution in [0.1, 0.15) is 26.2 Å². The normalized spacial score (nSPS) is 19.8. The van der Waals surface area contributed by atoms with Gasteiger partial charge in [0.05, 0.1) is 0 Å². The molecule has 1 aliphatic rings. The van der Waals surface area contributed by atoms with Crippen LogP contribution in [-0.4, -0.2) is 18.3 Å². The van der Waals surface area contributed by atoms with Gasteiger partial charge in [-0.15, -0.1) is 11.6 Å². The van der Waals surface area contributed by atoms with Crippen molar-refractivity contribution in [3.8, 4) is 0 Å². The Morgan fingerprint density at radius 3 is 2.75 bits per heavy atom. The lowest BCUT2D eigenvalue weighted by atomic mass is 9.85. The summed E-state index contributed by atoms with van der Waals surface area (Å²) in [7, 11) is 0. The van der Waals surface area contributed by atoms with Crippen molar-refractivity contribution in [1.29, 1.82) is 0 Å². The molecule has 0 spiro atoms. The Bertz CT molecular complexity index is 157. The number of carbonyl (C=O) groups excluding carboxylic acids is 1. The van der Waals surface area contributed by atoms with Crippen molar-refractivity contribution in [3.05, 3.63) is 0 Å². The summed E-state index contributed by atoms with van der Waals surface area (Å²) < 4.78 is 0. The topological polar surface area (TPSA) is 29.1 Å². The third-order valence-corrected chi connectivity index (χ3v) is 2.89. The van der Waals surface area contributed by atoms with Gasteiger partial charge < -0.3 is 5.32 Å². The molecule has 70 valence electrons. The Morgan fingerprint density at radius 2 is 2.33 bits per heavy atom. The third-order valence-electron chi connectivity index (χ3n) is 2.36. The summed E-state index contributed by atoms with van der Waals surface area (Å²) in [5.41, 5.74) is 0. The minimum absolute atomic E-state index is 0.221. The molecule has 0 aromatic heterocycles. The molecule has 0 aliphatic heterocycles. The van der Waals surface area contributed by atoms with E-state index < -0.39 is 0 Å². The second-order valence-corrected chi connectivity index (χ2v) is 3.94. The molecule has 1 atom stereocenters. The van der Waals surface area contributed by atoms with Crippen molar-refractivity contribution < 1.29 is 4.79 Å². The quantitative estimate of drug-likeness (QED) is 0.672. The van der Waals surface area contributed by atoms with Crippen LogP contribution in [0.25, 0.3) is 0 Å². The third kappa shape index (κ3) is 2.67. The molecule has 1 N–H and O–H groups in total. The van der Waals surface area contributed by atoms with Crippen molar-refractivity contribution in [2.45, 2.75) is 26.2 Å². The fraction of sp³-hybridized carbons (Fsp3) is 0.889. The van der Waals surface area contributed by atoms with E-state index in [1.807, 2.05) is 6.92 Å². The largest absolute Gasteiger partial charge is 0.356 e. The van der Waals surface area contributed by atoms with Crippen LogP contribution in [0.2, 0.25) is 0 Å². The minimum atomic E-state index is 0.221. The van der Waals surface area contributed by atoms with Gasteiger partial charge in [-0.25, -0.2) is 0 Å². The average molecular weight is 190 g/mol. The van der Waals surface area contributed by atoms with Crippen LogP contribution < -0.4 is 5.32 Å². The van der Waals surface area contributed by atoms with Gasteiger partial charge in [0.15, 0.2) is 0 Å². The van der Waals surface area contributed by atoms with E-state index in [0.717, 1.165) is 19.4 Å². The van der Waals surface area contributed by atoms with Crippen LogP contribution in [0, 0.1) is 11.8 Å². The van der Waals surface area contributed by atoms with Gasteiger partial charge in [0.25, 0.3) is 0 Å². The summed E-state index contributed by atoms with van der Waals surface area (Å²) in [4.78, 5) is 11.3. The van der Waals surface area contributed by atoms with Gasteiger partial charge in [0.1, 0.15) is 0 Å². The number of rotatable bonds is 4. The first kappa shape index (κ1) is 9.85. The molecule has 2 nitrogen and oxygen atoms in total. The summed E-state index contributed by atoms with van der Waals surface area (Å²) >= 11 is 5.61. The Labute approximate surface area is 78.7 Å². The van der Waals surface area contributed by atoms with Gasteiger partial charge >= 0.3 is 0 Å². The highest BCUT2D eigenvalue weighted by Crippen LogP contribution is 2.26. The molecule has 1 fully saturated rings. The van der Waals surface area contributed by atoms with Gasteiger partial charge in [-0.2, -0.15) is 0 Å². The maximum Gasteiger partial charge on any atom is 0.223 e. The van der Waals surface area contributed by atoms with Crippen LogP contribution >= 0.6 is 11.6 Å². The molecule has 0 bridgehead atoms. The smallest absolute Gasteiger partial charge is 0.223 e. The fourth-order valence-corrected chi connectivity index (χ4v) is 1.25. The van der Waals surface area contributed by atoms with Gasteiger partial charge in [-0.3, -0.25) is 4.79 Å². The van der Waals surface area contributed by atoms with E-state index in [-0.39, 0.29) is 5.91 Å².